The summed E-state index contributed by atoms with van der Waals surface area (Å²) in [4.78, 5) is 30.7. The standard InChI is InChI=1S/C26H23FN3O4.C2H6.U/c1-4-26(33)16-8-20-23-14(10-30(20)24(31)15(16)11-34-25(26)32)22-18(28-5-2)7-6-13-12(3)17(27)9-19(29-23)21(13)22;1-2;/h8-9,18,28,33H,2,4,6-7,10-11H2,1,3H3;1-2H3;/q-1;;. The molecular weight excluding hydrogens is 699 g/mol. The van der Waals surface area contributed by atoms with Crippen molar-refractivity contribution in [2.24, 2.45) is 0 Å². The Morgan fingerprint density at radius 3 is 2.70 bits per heavy atom. The summed E-state index contributed by atoms with van der Waals surface area (Å²) < 4.78 is 21.6. The maximum Gasteiger partial charge on any atom is 0.343 e. The SMILES string of the molecule is C=[C-]NC1CCc2c(C)c(F)cc3nc4c(c1c23)Cn1c-4cc2c(c1=O)COC(=O)C2(O)CC.CC.[U]. The quantitative estimate of drug-likeness (QED) is 0.188. The Morgan fingerprint density at radius 1 is 1.30 bits per heavy atom. The number of fused-ring (bicyclic) bond motifs is 5. The monoisotopic (exact) mass is 728 g/mol. The molecule has 1 aliphatic carbocycles. The van der Waals surface area contributed by atoms with Crippen LogP contribution in [0.4, 0.5) is 4.39 Å². The van der Waals surface area contributed by atoms with E-state index in [0.717, 1.165) is 28.5 Å². The fraction of sp³-hybridized carbons (Fsp3) is 0.393. The number of cyclic esters (lactones) is 1. The van der Waals surface area contributed by atoms with Gasteiger partial charge >= 0.3 is 5.97 Å². The van der Waals surface area contributed by atoms with Gasteiger partial charge in [-0.3, -0.25) is 11.4 Å². The fourth-order valence-electron chi connectivity index (χ4n) is 5.82. The first-order chi connectivity index (χ1) is 17.3. The summed E-state index contributed by atoms with van der Waals surface area (Å²) in [7, 11) is 0. The molecule has 2 unspecified atom stereocenters. The molecule has 2 atom stereocenters. The van der Waals surface area contributed by atoms with Crippen molar-refractivity contribution in [2.45, 2.75) is 71.8 Å². The van der Waals surface area contributed by atoms with Crippen molar-refractivity contribution >= 4 is 16.9 Å². The van der Waals surface area contributed by atoms with E-state index in [2.05, 4.69) is 18.1 Å². The van der Waals surface area contributed by atoms with Crippen LogP contribution in [0.15, 0.2) is 23.5 Å². The Bertz CT molecular complexity index is 1520. The van der Waals surface area contributed by atoms with Crippen molar-refractivity contribution in [1.82, 2.24) is 14.9 Å². The van der Waals surface area contributed by atoms with Crippen LogP contribution in [-0.2, 0) is 34.7 Å². The molecule has 2 aromatic heterocycles. The normalized spacial score (nSPS) is 20.5. The minimum atomic E-state index is -1.89. The predicted octanol–water partition coefficient (Wildman–Crippen LogP) is 4.08. The van der Waals surface area contributed by atoms with Gasteiger partial charge in [-0.25, -0.2) is 14.2 Å². The number of ether oxygens (including phenoxy) is 1. The summed E-state index contributed by atoms with van der Waals surface area (Å²) in [5.41, 5.74) is 3.30. The number of pyridine rings is 2. The second-order valence-electron chi connectivity index (χ2n) is 9.22. The number of aryl methyl sites for hydroxylation is 1. The molecular formula is C28H29FN3O4U-. The smallest absolute Gasteiger partial charge is 0.343 e. The van der Waals surface area contributed by atoms with E-state index in [9.17, 15) is 19.1 Å². The molecule has 0 bridgehead atoms. The molecule has 192 valence electrons. The van der Waals surface area contributed by atoms with Crippen LogP contribution in [0.25, 0.3) is 22.3 Å². The Balaban J connectivity index is 0.00000104. The van der Waals surface area contributed by atoms with Crippen molar-refractivity contribution in [3.8, 4) is 11.4 Å². The second-order valence-corrected chi connectivity index (χ2v) is 9.22. The average Bonchev–Trinajstić information content (AvgIpc) is 3.25. The number of nitrogens with one attached hydrogen (secondary N) is 1. The molecule has 37 heavy (non-hydrogen) atoms. The second kappa shape index (κ2) is 10.0. The van der Waals surface area contributed by atoms with Gasteiger partial charge in [-0.2, -0.15) is 0 Å². The minimum Gasteiger partial charge on any atom is -0.562 e. The summed E-state index contributed by atoms with van der Waals surface area (Å²) in [6, 6.07) is 3.01. The van der Waals surface area contributed by atoms with Gasteiger partial charge in [0.1, 0.15) is 12.4 Å². The Labute approximate surface area is 238 Å². The topological polar surface area (TPSA) is 93.5 Å². The zero-order chi connectivity index (χ0) is 25.9. The first-order valence-electron chi connectivity index (χ1n) is 12.4. The van der Waals surface area contributed by atoms with Crippen LogP contribution >= 0.6 is 0 Å². The van der Waals surface area contributed by atoms with Crippen LogP contribution in [-0.4, -0.2) is 20.6 Å². The third-order valence-corrected chi connectivity index (χ3v) is 7.65. The predicted molar refractivity (Wildman–Crippen MR) is 134 cm³/mol. The van der Waals surface area contributed by atoms with E-state index in [0.29, 0.717) is 35.4 Å². The van der Waals surface area contributed by atoms with Crippen molar-refractivity contribution < 1.29 is 50.1 Å². The summed E-state index contributed by atoms with van der Waals surface area (Å²) >= 11 is 0. The van der Waals surface area contributed by atoms with Gasteiger partial charge in [-0.15, -0.1) is 0 Å². The van der Waals surface area contributed by atoms with Gasteiger partial charge in [0.05, 0.1) is 29.0 Å². The summed E-state index contributed by atoms with van der Waals surface area (Å²) in [6.07, 6.45) is 4.27. The Hall–Kier alpha value is -2.47. The van der Waals surface area contributed by atoms with Gasteiger partial charge in [0.25, 0.3) is 5.56 Å². The number of aliphatic hydroxyl groups is 1. The van der Waals surface area contributed by atoms with Crippen molar-refractivity contribution in [1.29, 1.82) is 0 Å². The zero-order valence-corrected chi connectivity index (χ0v) is 25.6. The van der Waals surface area contributed by atoms with Gasteiger partial charge in [0.15, 0.2) is 5.60 Å². The van der Waals surface area contributed by atoms with E-state index < -0.39 is 11.6 Å². The van der Waals surface area contributed by atoms with E-state index in [4.69, 9.17) is 9.72 Å². The van der Waals surface area contributed by atoms with Crippen LogP contribution in [0.1, 0.15) is 73.0 Å². The molecule has 9 heteroatoms. The van der Waals surface area contributed by atoms with Gasteiger partial charge in [0, 0.05) is 59.7 Å². The molecule has 0 amide bonds. The largest absolute Gasteiger partial charge is 0.562 e. The van der Waals surface area contributed by atoms with Crippen molar-refractivity contribution in [3.05, 3.63) is 74.5 Å². The Morgan fingerprint density at radius 2 is 2.03 bits per heavy atom. The fourth-order valence-corrected chi connectivity index (χ4v) is 5.82. The minimum absolute atomic E-state index is 0. The van der Waals surface area contributed by atoms with E-state index in [1.807, 2.05) is 13.8 Å². The zero-order valence-electron chi connectivity index (χ0n) is 21.4. The molecule has 4 heterocycles. The maximum atomic E-state index is 14.8. The van der Waals surface area contributed by atoms with Crippen LogP contribution < -0.4 is 10.9 Å². The van der Waals surface area contributed by atoms with Crippen LogP contribution in [0.3, 0.4) is 0 Å². The molecule has 7 nitrogen and oxygen atoms in total. The number of nitrogens with zero attached hydrogens (tertiary/aromatic N) is 2. The molecule has 0 fully saturated rings. The first kappa shape index (κ1) is 27.6. The molecule has 2 aliphatic heterocycles. The number of carbonyl (C=O) groups excluding carboxylic acids is 1. The Kier molecular flexibility index (Phi) is 7.46. The number of aromatic nitrogens is 2. The van der Waals surface area contributed by atoms with E-state index in [-0.39, 0.29) is 72.7 Å². The summed E-state index contributed by atoms with van der Waals surface area (Å²) in [5, 5.41) is 15.2. The van der Waals surface area contributed by atoms with Crippen molar-refractivity contribution in [2.75, 3.05) is 0 Å². The molecule has 0 spiro atoms. The first-order valence-corrected chi connectivity index (χ1v) is 12.4. The van der Waals surface area contributed by atoms with Crippen LogP contribution in [0.2, 0.25) is 0 Å². The number of halogens is 1. The number of rotatable bonds is 3. The molecule has 0 radical (unpaired) electrons. The average molecular weight is 729 g/mol. The molecule has 2 N–H and O–H groups in total. The van der Waals surface area contributed by atoms with Gasteiger partial charge in [-0.05, 0) is 48.9 Å². The molecule has 6 rings (SSSR count). The molecule has 3 aliphatic rings. The molecule has 0 saturated heterocycles. The van der Waals surface area contributed by atoms with Gasteiger partial charge < -0.3 is 25.9 Å². The van der Waals surface area contributed by atoms with E-state index in [1.54, 1.807) is 24.5 Å². The van der Waals surface area contributed by atoms with Crippen molar-refractivity contribution in [3.63, 3.8) is 0 Å². The summed E-state index contributed by atoms with van der Waals surface area (Å²) in [6.45, 7) is 11.3. The van der Waals surface area contributed by atoms with Crippen LogP contribution in [0, 0.1) is 50.1 Å². The third-order valence-electron chi connectivity index (χ3n) is 7.65. The number of hydrogen-bond acceptors (Lipinski definition) is 6. The summed E-state index contributed by atoms with van der Waals surface area (Å²) in [5.74, 6) is -1.08. The number of carbonyl (C=O) groups is 1. The molecule has 0 saturated carbocycles. The maximum absolute atomic E-state index is 14.8. The van der Waals surface area contributed by atoms with Gasteiger partial charge in [-0.1, -0.05) is 20.8 Å². The number of benzene rings is 1. The molecule has 1 aromatic carbocycles. The van der Waals surface area contributed by atoms with Gasteiger partial charge in [0.2, 0.25) is 0 Å². The van der Waals surface area contributed by atoms with E-state index >= 15 is 0 Å². The number of esters is 1. The van der Waals surface area contributed by atoms with E-state index in [1.165, 1.54) is 6.07 Å². The third kappa shape index (κ3) is 3.81. The number of hydrogen-bond donors (Lipinski definition) is 2. The molecule has 3 aromatic rings. The van der Waals surface area contributed by atoms with Crippen LogP contribution in [0.5, 0.6) is 0 Å².